The van der Waals surface area contributed by atoms with E-state index in [2.05, 4.69) is 20.8 Å². The van der Waals surface area contributed by atoms with Crippen molar-refractivity contribution in [3.8, 4) is 11.5 Å². The first kappa shape index (κ1) is 20.2. The molecule has 3 aromatic carbocycles. The predicted molar refractivity (Wildman–Crippen MR) is 115 cm³/mol. The highest BCUT2D eigenvalue weighted by Crippen LogP contribution is 2.29. The van der Waals surface area contributed by atoms with E-state index in [1.807, 2.05) is 54.6 Å². The van der Waals surface area contributed by atoms with Crippen LogP contribution in [0.3, 0.4) is 0 Å². The van der Waals surface area contributed by atoms with Crippen molar-refractivity contribution in [2.24, 2.45) is 0 Å². The van der Waals surface area contributed by atoms with Crippen LogP contribution >= 0.6 is 15.9 Å². The SMILES string of the molecule is COc1ccc(CN(Cc2ccc(OC)cc2)c2cc(F)c(C)c(Br)c2)cc1. The lowest BCUT2D eigenvalue weighted by molar-refractivity contribution is 0.414. The predicted octanol–water partition coefficient (Wildman–Crippen LogP) is 6.12. The zero-order valence-electron chi connectivity index (χ0n) is 16.2. The van der Waals surface area contributed by atoms with Gasteiger partial charge in [-0.25, -0.2) is 4.39 Å². The minimum absolute atomic E-state index is 0.223. The van der Waals surface area contributed by atoms with Crippen LogP contribution in [0.1, 0.15) is 16.7 Å². The van der Waals surface area contributed by atoms with E-state index in [0.29, 0.717) is 18.7 Å². The Labute approximate surface area is 173 Å². The molecule has 0 unspecified atom stereocenters. The van der Waals surface area contributed by atoms with E-state index in [4.69, 9.17) is 9.47 Å². The lowest BCUT2D eigenvalue weighted by atomic mass is 10.1. The van der Waals surface area contributed by atoms with E-state index < -0.39 is 0 Å². The second-order valence-electron chi connectivity index (χ2n) is 6.59. The summed E-state index contributed by atoms with van der Waals surface area (Å²) in [6, 6.07) is 19.4. The Morgan fingerprint density at radius 2 is 1.29 bits per heavy atom. The normalized spacial score (nSPS) is 10.6. The number of rotatable bonds is 7. The number of halogens is 2. The molecule has 5 heteroatoms. The van der Waals surface area contributed by atoms with Gasteiger partial charge in [0.25, 0.3) is 0 Å². The largest absolute Gasteiger partial charge is 0.497 e. The van der Waals surface area contributed by atoms with Gasteiger partial charge in [-0.1, -0.05) is 40.2 Å². The molecule has 0 N–H and O–H groups in total. The number of hydrogen-bond acceptors (Lipinski definition) is 3. The smallest absolute Gasteiger partial charge is 0.129 e. The topological polar surface area (TPSA) is 21.7 Å². The molecule has 3 aromatic rings. The van der Waals surface area contributed by atoms with Crippen molar-refractivity contribution in [2.45, 2.75) is 20.0 Å². The van der Waals surface area contributed by atoms with Crippen LogP contribution in [0.25, 0.3) is 0 Å². The van der Waals surface area contributed by atoms with Crippen molar-refractivity contribution in [1.29, 1.82) is 0 Å². The summed E-state index contributed by atoms with van der Waals surface area (Å²) in [6.45, 7) is 3.05. The summed E-state index contributed by atoms with van der Waals surface area (Å²) < 4.78 is 25.6. The first-order valence-electron chi connectivity index (χ1n) is 8.96. The fraction of sp³-hybridized carbons (Fsp3) is 0.217. The van der Waals surface area contributed by atoms with E-state index in [-0.39, 0.29) is 5.82 Å². The fourth-order valence-corrected chi connectivity index (χ4v) is 3.38. The zero-order valence-corrected chi connectivity index (χ0v) is 17.8. The molecule has 3 rings (SSSR count). The standard InChI is InChI=1S/C23H23BrFNO2/c1-16-22(24)12-19(13-23(16)25)26(14-17-4-8-20(27-2)9-5-17)15-18-6-10-21(28-3)11-7-18/h4-13H,14-15H2,1-3H3. The number of hydrogen-bond donors (Lipinski definition) is 0. The molecule has 0 atom stereocenters. The Kier molecular flexibility index (Phi) is 6.57. The van der Waals surface area contributed by atoms with E-state index in [1.165, 1.54) is 0 Å². The zero-order chi connectivity index (χ0) is 20.1. The van der Waals surface area contributed by atoms with E-state index in [1.54, 1.807) is 27.2 Å². The molecule has 0 aliphatic rings. The summed E-state index contributed by atoms with van der Waals surface area (Å²) in [6.07, 6.45) is 0. The van der Waals surface area contributed by atoms with Crippen molar-refractivity contribution >= 4 is 21.6 Å². The maximum atomic E-state index is 14.4. The van der Waals surface area contributed by atoms with Gasteiger partial charge in [0.05, 0.1) is 14.2 Å². The molecule has 0 saturated heterocycles. The molecule has 0 aromatic heterocycles. The number of ether oxygens (including phenoxy) is 2. The summed E-state index contributed by atoms with van der Waals surface area (Å²) in [4.78, 5) is 2.15. The van der Waals surface area contributed by atoms with Gasteiger partial charge in [0.15, 0.2) is 0 Å². The van der Waals surface area contributed by atoms with Crippen LogP contribution in [-0.2, 0) is 13.1 Å². The molecule has 146 valence electrons. The van der Waals surface area contributed by atoms with Gasteiger partial charge in [0.2, 0.25) is 0 Å². The quantitative estimate of drug-likeness (QED) is 0.438. The molecule has 0 radical (unpaired) electrons. The van der Waals surface area contributed by atoms with Crippen LogP contribution in [0.15, 0.2) is 65.1 Å². The van der Waals surface area contributed by atoms with Gasteiger partial charge < -0.3 is 14.4 Å². The Morgan fingerprint density at radius 3 is 1.68 bits per heavy atom. The van der Waals surface area contributed by atoms with E-state index >= 15 is 0 Å². The Balaban J connectivity index is 1.92. The molecule has 0 amide bonds. The Hall–Kier alpha value is -2.53. The van der Waals surface area contributed by atoms with Crippen molar-refractivity contribution in [3.05, 3.63) is 87.6 Å². The molecule has 0 fully saturated rings. The van der Waals surface area contributed by atoms with Gasteiger partial charge >= 0.3 is 0 Å². The molecular weight excluding hydrogens is 421 g/mol. The Bertz CT molecular complexity index is 854. The van der Waals surface area contributed by atoms with Gasteiger partial charge in [-0.15, -0.1) is 0 Å². The minimum atomic E-state index is -0.223. The van der Waals surface area contributed by atoms with Crippen LogP contribution in [0, 0.1) is 12.7 Å². The molecule has 0 spiro atoms. The second-order valence-corrected chi connectivity index (χ2v) is 7.44. The maximum Gasteiger partial charge on any atom is 0.129 e. The van der Waals surface area contributed by atoms with Gasteiger partial charge in [0.1, 0.15) is 17.3 Å². The van der Waals surface area contributed by atoms with Gasteiger partial charge in [-0.3, -0.25) is 0 Å². The van der Waals surface area contributed by atoms with E-state index in [0.717, 1.165) is 32.8 Å². The van der Waals surface area contributed by atoms with E-state index in [9.17, 15) is 4.39 Å². The van der Waals surface area contributed by atoms with Crippen LogP contribution in [-0.4, -0.2) is 14.2 Å². The molecular formula is C23H23BrFNO2. The summed E-state index contributed by atoms with van der Waals surface area (Å²) in [7, 11) is 3.30. The molecule has 0 aliphatic carbocycles. The minimum Gasteiger partial charge on any atom is -0.497 e. The van der Waals surface area contributed by atoms with Crippen molar-refractivity contribution in [2.75, 3.05) is 19.1 Å². The molecule has 0 saturated carbocycles. The highest BCUT2D eigenvalue weighted by atomic mass is 79.9. The first-order valence-corrected chi connectivity index (χ1v) is 9.76. The number of anilines is 1. The Morgan fingerprint density at radius 1 is 0.821 bits per heavy atom. The average molecular weight is 444 g/mol. The summed E-state index contributed by atoms with van der Waals surface area (Å²) >= 11 is 3.47. The molecule has 0 bridgehead atoms. The molecule has 3 nitrogen and oxygen atoms in total. The highest BCUT2D eigenvalue weighted by molar-refractivity contribution is 9.10. The molecule has 0 heterocycles. The van der Waals surface area contributed by atoms with Crippen molar-refractivity contribution < 1.29 is 13.9 Å². The summed E-state index contributed by atoms with van der Waals surface area (Å²) in [5.74, 6) is 1.41. The highest BCUT2D eigenvalue weighted by Gasteiger charge is 2.13. The molecule has 0 aliphatic heterocycles. The maximum absolute atomic E-state index is 14.4. The average Bonchev–Trinajstić information content (AvgIpc) is 2.72. The van der Waals surface area contributed by atoms with Crippen LogP contribution in [0.2, 0.25) is 0 Å². The third-order valence-electron chi connectivity index (χ3n) is 4.70. The number of nitrogens with zero attached hydrogens (tertiary/aromatic N) is 1. The summed E-state index contributed by atoms with van der Waals surface area (Å²) in [5, 5.41) is 0. The summed E-state index contributed by atoms with van der Waals surface area (Å²) in [5.41, 5.74) is 3.66. The fourth-order valence-electron chi connectivity index (χ4n) is 2.96. The monoisotopic (exact) mass is 443 g/mol. The van der Waals surface area contributed by atoms with Crippen molar-refractivity contribution in [3.63, 3.8) is 0 Å². The number of methoxy groups -OCH3 is 2. The second kappa shape index (κ2) is 9.11. The van der Waals surface area contributed by atoms with Crippen LogP contribution < -0.4 is 14.4 Å². The van der Waals surface area contributed by atoms with Crippen LogP contribution in [0.4, 0.5) is 10.1 Å². The van der Waals surface area contributed by atoms with Gasteiger partial charge in [-0.05, 0) is 60.0 Å². The lowest BCUT2D eigenvalue weighted by Crippen LogP contribution is -2.22. The molecule has 28 heavy (non-hydrogen) atoms. The van der Waals surface area contributed by atoms with Crippen LogP contribution in [0.5, 0.6) is 11.5 Å². The van der Waals surface area contributed by atoms with Gasteiger partial charge in [0, 0.05) is 23.2 Å². The van der Waals surface area contributed by atoms with Gasteiger partial charge in [-0.2, -0.15) is 0 Å². The van der Waals surface area contributed by atoms with Crippen molar-refractivity contribution in [1.82, 2.24) is 0 Å². The third kappa shape index (κ3) is 4.84. The first-order chi connectivity index (χ1) is 13.5. The number of benzene rings is 3. The third-order valence-corrected chi connectivity index (χ3v) is 5.52. The lowest BCUT2D eigenvalue weighted by Gasteiger charge is -2.26.